The first-order valence-corrected chi connectivity index (χ1v) is 10.2. The summed E-state index contributed by atoms with van der Waals surface area (Å²) in [6.45, 7) is 8.16. The van der Waals surface area contributed by atoms with Gasteiger partial charge >= 0.3 is 0 Å². The highest BCUT2D eigenvalue weighted by Crippen LogP contribution is 2.23. The summed E-state index contributed by atoms with van der Waals surface area (Å²) in [4.78, 5) is 19.8. The van der Waals surface area contributed by atoms with E-state index in [1.807, 2.05) is 19.1 Å². The Labute approximate surface area is 163 Å². The quantitative estimate of drug-likeness (QED) is 0.651. The molecular formula is C21H24N4OS. The van der Waals surface area contributed by atoms with E-state index in [2.05, 4.69) is 38.0 Å². The molecule has 0 spiro atoms. The Hall–Kier alpha value is -2.52. The normalized spacial score (nSPS) is 13.2. The zero-order chi connectivity index (χ0) is 19.6. The lowest BCUT2D eigenvalue weighted by Crippen LogP contribution is -2.27. The van der Waals surface area contributed by atoms with Gasteiger partial charge in [0.15, 0.2) is 11.5 Å². The zero-order valence-corrected chi connectivity index (χ0v) is 17.1. The summed E-state index contributed by atoms with van der Waals surface area (Å²) >= 11 is 1.67. The summed E-state index contributed by atoms with van der Waals surface area (Å²) in [7, 11) is 0. The molecule has 0 fully saturated rings. The smallest absolute Gasteiger partial charge is 0.266 e. The van der Waals surface area contributed by atoms with Crippen molar-refractivity contribution in [1.29, 1.82) is 5.26 Å². The molecule has 0 amide bonds. The van der Waals surface area contributed by atoms with Crippen molar-refractivity contribution in [3.05, 3.63) is 54.4 Å². The number of hydrogen-bond donors (Lipinski definition) is 0. The monoisotopic (exact) mass is 380 g/mol. The zero-order valence-electron chi connectivity index (χ0n) is 16.2. The molecule has 0 N–H and O–H groups in total. The van der Waals surface area contributed by atoms with Crippen LogP contribution in [-0.2, 0) is 0 Å². The average molecular weight is 381 g/mol. The first kappa shape index (κ1) is 19.2. The Bertz CT molecular complexity index is 1120. The maximum atomic E-state index is 12.8. The molecule has 0 bridgehead atoms. The van der Waals surface area contributed by atoms with Crippen molar-refractivity contribution in [1.82, 2.24) is 14.6 Å². The first-order chi connectivity index (χ1) is 13.0. The Balaban J connectivity index is 2.29. The van der Waals surface area contributed by atoms with E-state index >= 15 is 0 Å². The molecule has 3 heterocycles. The Morgan fingerprint density at radius 3 is 2.70 bits per heavy atom. The average Bonchev–Trinajstić information content (AvgIpc) is 3.26. The minimum absolute atomic E-state index is 0.139. The highest BCUT2D eigenvalue weighted by atomic mass is 32.1. The van der Waals surface area contributed by atoms with Crippen LogP contribution < -0.4 is 10.8 Å². The lowest BCUT2D eigenvalue weighted by molar-refractivity contribution is 0.542. The molecule has 140 valence electrons. The van der Waals surface area contributed by atoms with Crippen LogP contribution in [0.25, 0.3) is 11.7 Å². The van der Waals surface area contributed by atoms with Crippen LogP contribution in [0.1, 0.15) is 72.2 Å². The van der Waals surface area contributed by atoms with Gasteiger partial charge in [-0.2, -0.15) is 9.78 Å². The SMILES string of the molecule is CCCCC(CC)c1nc2/c(=C/c3ccc(C)s3)c(C)c(C#N)c(=O)n2n1. The van der Waals surface area contributed by atoms with Crippen LogP contribution in [0, 0.1) is 25.2 Å². The first-order valence-electron chi connectivity index (χ1n) is 9.41. The van der Waals surface area contributed by atoms with Crippen LogP contribution in [0.15, 0.2) is 16.9 Å². The molecule has 1 unspecified atom stereocenters. The third-order valence-electron chi connectivity index (χ3n) is 4.97. The second-order valence-corrected chi connectivity index (χ2v) is 8.20. The Morgan fingerprint density at radius 2 is 2.11 bits per heavy atom. The molecule has 5 nitrogen and oxygen atoms in total. The molecular weight excluding hydrogens is 356 g/mol. The number of fused-ring (bicyclic) bond motifs is 1. The summed E-state index contributed by atoms with van der Waals surface area (Å²) < 4.78 is 1.32. The number of unbranched alkanes of at least 4 members (excludes halogenated alkanes) is 1. The third kappa shape index (κ3) is 3.65. The molecule has 0 aliphatic heterocycles. The molecule has 0 saturated heterocycles. The predicted molar refractivity (Wildman–Crippen MR) is 109 cm³/mol. The lowest BCUT2D eigenvalue weighted by Gasteiger charge is -2.08. The van der Waals surface area contributed by atoms with Crippen molar-refractivity contribution in [2.75, 3.05) is 0 Å². The van der Waals surface area contributed by atoms with Gasteiger partial charge in [0.25, 0.3) is 5.56 Å². The molecule has 0 aliphatic rings. The lowest BCUT2D eigenvalue weighted by atomic mass is 9.99. The van der Waals surface area contributed by atoms with Crippen molar-refractivity contribution in [3.63, 3.8) is 0 Å². The molecule has 3 aromatic rings. The second-order valence-electron chi connectivity index (χ2n) is 6.88. The van der Waals surface area contributed by atoms with Gasteiger partial charge in [-0.15, -0.1) is 16.4 Å². The number of nitrogens with zero attached hydrogens (tertiary/aromatic N) is 4. The topological polar surface area (TPSA) is 71.0 Å². The van der Waals surface area contributed by atoms with Crippen molar-refractivity contribution in [2.45, 2.75) is 59.3 Å². The summed E-state index contributed by atoms with van der Waals surface area (Å²) in [6.07, 6.45) is 6.16. The minimum Gasteiger partial charge on any atom is -0.266 e. The van der Waals surface area contributed by atoms with E-state index in [1.165, 1.54) is 9.39 Å². The Kier molecular flexibility index (Phi) is 5.71. The van der Waals surface area contributed by atoms with E-state index < -0.39 is 0 Å². The molecule has 0 radical (unpaired) electrons. The van der Waals surface area contributed by atoms with Crippen molar-refractivity contribution >= 4 is 23.1 Å². The summed E-state index contributed by atoms with van der Waals surface area (Å²) in [5.41, 5.74) is 0.975. The van der Waals surface area contributed by atoms with Gasteiger partial charge in [0.2, 0.25) is 0 Å². The van der Waals surface area contributed by atoms with Crippen molar-refractivity contribution < 1.29 is 0 Å². The summed E-state index contributed by atoms with van der Waals surface area (Å²) in [5.74, 6) is 0.932. The molecule has 27 heavy (non-hydrogen) atoms. The van der Waals surface area contributed by atoms with E-state index in [4.69, 9.17) is 4.98 Å². The fraction of sp³-hybridized carbons (Fsp3) is 0.429. The molecule has 0 saturated carbocycles. The molecule has 0 aliphatic carbocycles. The van der Waals surface area contributed by atoms with E-state index in [9.17, 15) is 10.1 Å². The molecule has 3 rings (SSSR count). The number of aromatic nitrogens is 3. The van der Waals surface area contributed by atoms with Crippen molar-refractivity contribution in [2.24, 2.45) is 0 Å². The fourth-order valence-electron chi connectivity index (χ4n) is 3.33. The van der Waals surface area contributed by atoms with Crippen LogP contribution in [0.2, 0.25) is 0 Å². The van der Waals surface area contributed by atoms with E-state index in [-0.39, 0.29) is 17.0 Å². The standard InChI is InChI=1S/C21H24N4OS/c1-5-7-8-15(6-2)19-23-20-17(11-16-10-9-13(3)27-16)14(4)18(12-22)21(26)25(20)24-19/h9-11,15H,5-8H2,1-4H3/b17-11+. The van der Waals surface area contributed by atoms with Gasteiger partial charge in [-0.25, -0.2) is 4.98 Å². The van der Waals surface area contributed by atoms with Gasteiger partial charge < -0.3 is 0 Å². The molecule has 3 aromatic heterocycles. The van der Waals surface area contributed by atoms with E-state index in [0.29, 0.717) is 17.0 Å². The van der Waals surface area contributed by atoms with Crippen LogP contribution in [-0.4, -0.2) is 14.6 Å². The number of thiophene rings is 1. The van der Waals surface area contributed by atoms with Crippen LogP contribution in [0.4, 0.5) is 0 Å². The molecule has 6 heteroatoms. The van der Waals surface area contributed by atoms with Gasteiger partial charge in [0.1, 0.15) is 11.6 Å². The van der Waals surface area contributed by atoms with Crippen LogP contribution >= 0.6 is 11.3 Å². The summed E-state index contributed by atoms with van der Waals surface area (Å²) in [5, 5.41) is 14.8. The fourth-order valence-corrected chi connectivity index (χ4v) is 4.15. The maximum absolute atomic E-state index is 12.8. The molecule has 0 aromatic carbocycles. The molecule has 1 atom stereocenters. The third-order valence-corrected chi connectivity index (χ3v) is 5.92. The maximum Gasteiger partial charge on any atom is 0.291 e. The number of pyridine rings is 1. The van der Waals surface area contributed by atoms with Gasteiger partial charge in [0, 0.05) is 20.9 Å². The number of hydrogen-bond acceptors (Lipinski definition) is 5. The van der Waals surface area contributed by atoms with Crippen LogP contribution in [0.3, 0.4) is 0 Å². The number of rotatable bonds is 6. The van der Waals surface area contributed by atoms with Gasteiger partial charge in [-0.3, -0.25) is 4.79 Å². The highest BCUT2D eigenvalue weighted by Gasteiger charge is 2.19. The second kappa shape index (κ2) is 8.01. The largest absolute Gasteiger partial charge is 0.291 e. The van der Waals surface area contributed by atoms with Crippen molar-refractivity contribution in [3.8, 4) is 6.07 Å². The van der Waals surface area contributed by atoms with E-state index in [0.717, 1.165) is 35.8 Å². The minimum atomic E-state index is -0.381. The van der Waals surface area contributed by atoms with Gasteiger partial charge in [0.05, 0.1) is 0 Å². The van der Waals surface area contributed by atoms with Gasteiger partial charge in [-0.1, -0.05) is 26.7 Å². The van der Waals surface area contributed by atoms with Gasteiger partial charge in [-0.05, 0) is 50.5 Å². The van der Waals surface area contributed by atoms with E-state index in [1.54, 1.807) is 11.3 Å². The van der Waals surface area contributed by atoms with Crippen LogP contribution in [0.5, 0.6) is 0 Å². The predicted octanol–water partition coefficient (Wildman–Crippen LogP) is 3.87. The number of aryl methyl sites for hydroxylation is 1. The number of nitriles is 1. The summed E-state index contributed by atoms with van der Waals surface area (Å²) in [6, 6.07) is 6.16. The highest BCUT2D eigenvalue weighted by molar-refractivity contribution is 7.12. The Morgan fingerprint density at radius 1 is 1.33 bits per heavy atom.